The summed E-state index contributed by atoms with van der Waals surface area (Å²) in [5, 5.41) is 18.6. The van der Waals surface area contributed by atoms with Crippen molar-refractivity contribution in [2.45, 2.75) is 12.5 Å². The molecule has 0 saturated carbocycles. The molecule has 19 heavy (non-hydrogen) atoms. The Morgan fingerprint density at radius 1 is 1.58 bits per heavy atom. The van der Waals surface area contributed by atoms with Crippen molar-refractivity contribution in [3.63, 3.8) is 0 Å². The van der Waals surface area contributed by atoms with Crippen LogP contribution in [0.1, 0.15) is 22.3 Å². The molecule has 0 aliphatic carbocycles. The lowest BCUT2D eigenvalue weighted by Crippen LogP contribution is -2.26. The van der Waals surface area contributed by atoms with Crippen LogP contribution >= 0.6 is 0 Å². The molecule has 1 aliphatic rings. The van der Waals surface area contributed by atoms with Crippen LogP contribution in [0.3, 0.4) is 0 Å². The van der Waals surface area contributed by atoms with Crippen LogP contribution in [0.4, 0.5) is 5.69 Å². The predicted octanol–water partition coefficient (Wildman–Crippen LogP) is 0.442. The van der Waals surface area contributed by atoms with Crippen molar-refractivity contribution in [1.29, 1.82) is 5.26 Å². The van der Waals surface area contributed by atoms with E-state index in [1.165, 1.54) is 30.2 Å². The number of amides is 1. The number of benzene rings is 1. The molecule has 1 saturated heterocycles. The Bertz CT molecular complexity index is 576. The molecule has 1 aromatic rings. The van der Waals surface area contributed by atoms with Gasteiger partial charge in [0.15, 0.2) is 0 Å². The van der Waals surface area contributed by atoms with Gasteiger partial charge in [0.25, 0.3) is 0 Å². The zero-order chi connectivity index (χ0) is 14.0. The minimum Gasteiger partial charge on any atom is -0.465 e. The molecule has 0 spiro atoms. The predicted molar refractivity (Wildman–Crippen MR) is 65.5 cm³/mol. The lowest BCUT2D eigenvalue weighted by atomic mass is 10.1. The van der Waals surface area contributed by atoms with Crippen molar-refractivity contribution in [3.05, 3.63) is 29.3 Å². The highest BCUT2D eigenvalue weighted by Gasteiger charge is 2.30. The second-order valence-electron chi connectivity index (χ2n) is 4.20. The first kappa shape index (κ1) is 13.1. The van der Waals surface area contributed by atoms with E-state index in [1.807, 2.05) is 6.07 Å². The molecular formula is C13H12N2O4. The van der Waals surface area contributed by atoms with E-state index in [0.29, 0.717) is 5.69 Å². The van der Waals surface area contributed by atoms with Gasteiger partial charge in [0.2, 0.25) is 5.91 Å². The van der Waals surface area contributed by atoms with Gasteiger partial charge in [-0.1, -0.05) is 0 Å². The summed E-state index contributed by atoms with van der Waals surface area (Å²) in [6.07, 6.45) is -0.678. The van der Waals surface area contributed by atoms with Crippen molar-refractivity contribution in [3.8, 4) is 6.07 Å². The van der Waals surface area contributed by atoms with Crippen molar-refractivity contribution in [1.82, 2.24) is 0 Å². The summed E-state index contributed by atoms with van der Waals surface area (Å²) in [7, 11) is 1.25. The molecule has 1 aliphatic heterocycles. The van der Waals surface area contributed by atoms with Crippen LogP contribution in [0.2, 0.25) is 0 Å². The first-order chi connectivity index (χ1) is 9.06. The first-order valence-corrected chi connectivity index (χ1v) is 5.67. The number of rotatable bonds is 2. The van der Waals surface area contributed by atoms with E-state index in [0.717, 1.165) is 0 Å². The minimum atomic E-state index is -0.723. The van der Waals surface area contributed by atoms with Crippen molar-refractivity contribution in [2.75, 3.05) is 18.6 Å². The van der Waals surface area contributed by atoms with Crippen LogP contribution < -0.4 is 4.90 Å². The highest BCUT2D eigenvalue weighted by Crippen LogP contribution is 2.26. The summed E-state index contributed by atoms with van der Waals surface area (Å²) in [6.45, 7) is 0.158. The van der Waals surface area contributed by atoms with Gasteiger partial charge in [0.1, 0.15) is 6.07 Å². The van der Waals surface area contributed by atoms with Gasteiger partial charge in [-0.05, 0) is 18.2 Å². The van der Waals surface area contributed by atoms with Crippen molar-refractivity contribution >= 4 is 17.6 Å². The molecule has 98 valence electrons. The number of hydrogen-bond acceptors (Lipinski definition) is 5. The number of methoxy groups -OCH3 is 1. The van der Waals surface area contributed by atoms with Gasteiger partial charge >= 0.3 is 5.97 Å². The second-order valence-corrected chi connectivity index (χ2v) is 4.20. The van der Waals surface area contributed by atoms with Crippen LogP contribution in [0.25, 0.3) is 0 Å². The summed E-state index contributed by atoms with van der Waals surface area (Å²) < 4.78 is 4.57. The van der Waals surface area contributed by atoms with E-state index in [9.17, 15) is 14.7 Å². The maximum absolute atomic E-state index is 11.7. The Hall–Kier alpha value is -2.39. The molecule has 0 bridgehead atoms. The summed E-state index contributed by atoms with van der Waals surface area (Å²) in [6, 6.07) is 6.32. The van der Waals surface area contributed by atoms with Gasteiger partial charge in [-0.3, -0.25) is 4.79 Å². The summed E-state index contributed by atoms with van der Waals surface area (Å²) in [5.74, 6) is -0.786. The smallest absolute Gasteiger partial charge is 0.337 e. The van der Waals surface area contributed by atoms with Gasteiger partial charge in [-0.25, -0.2) is 4.79 Å². The molecule has 6 heteroatoms. The third kappa shape index (κ3) is 2.41. The lowest BCUT2D eigenvalue weighted by Gasteiger charge is -2.17. The largest absolute Gasteiger partial charge is 0.465 e. The number of esters is 1. The number of carbonyl (C=O) groups is 2. The molecule has 6 nitrogen and oxygen atoms in total. The topological polar surface area (TPSA) is 90.6 Å². The third-order valence-corrected chi connectivity index (χ3v) is 2.93. The number of anilines is 1. The number of aliphatic hydroxyl groups is 1. The maximum atomic E-state index is 11.7. The molecule has 1 atom stereocenters. The number of ether oxygens (including phenoxy) is 1. The third-order valence-electron chi connectivity index (χ3n) is 2.93. The molecule has 1 unspecified atom stereocenters. The van der Waals surface area contributed by atoms with E-state index < -0.39 is 12.1 Å². The Morgan fingerprint density at radius 2 is 2.32 bits per heavy atom. The average Bonchev–Trinajstić information content (AvgIpc) is 2.75. The molecule has 1 heterocycles. The molecular weight excluding hydrogens is 248 g/mol. The fraction of sp³-hybridized carbons (Fsp3) is 0.308. The summed E-state index contributed by atoms with van der Waals surface area (Å²) >= 11 is 0. The molecule has 0 radical (unpaired) electrons. The highest BCUT2D eigenvalue weighted by atomic mass is 16.5. The van der Waals surface area contributed by atoms with Gasteiger partial charge in [-0.15, -0.1) is 0 Å². The Balaban J connectivity index is 2.40. The molecule has 0 aromatic heterocycles. The van der Waals surface area contributed by atoms with Gasteiger partial charge in [0, 0.05) is 0 Å². The zero-order valence-electron chi connectivity index (χ0n) is 10.3. The lowest BCUT2D eigenvalue weighted by molar-refractivity contribution is -0.117. The fourth-order valence-corrected chi connectivity index (χ4v) is 2.03. The number of carbonyl (C=O) groups excluding carboxylic acids is 2. The fourth-order valence-electron chi connectivity index (χ4n) is 2.03. The zero-order valence-corrected chi connectivity index (χ0v) is 10.3. The highest BCUT2D eigenvalue weighted by molar-refractivity contribution is 5.98. The second kappa shape index (κ2) is 5.08. The monoisotopic (exact) mass is 260 g/mol. The quantitative estimate of drug-likeness (QED) is 0.779. The van der Waals surface area contributed by atoms with Crippen LogP contribution in [-0.4, -0.2) is 36.7 Å². The SMILES string of the molecule is COC(=O)c1ccc(N2CC(O)CC2=O)c(C#N)c1. The van der Waals surface area contributed by atoms with Crippen LogP contribution in [-0.2, 0) is 9.53 Å². The van der Waals surface area contributed by atoms with Gasteiger partial charge < -0.3 is 14.7 Å². The molecule has 1 aromatic carbocycles. The van der Waals surface area contributed by atoms with Crippen molar-refractivity contribution < 1.29 is 19.4 Å². The van der Waals surface area contributed by atoms with E-state index >= 15 is 0 Å². The number of nitriles is 1. The van der Waals surface area contributed by atoms with E-state index in [4.69, 9.17) is 5.26 Å². The molecule has 1 N–H and O–H groups in total. The van der Waals surface area contributed by atoms with E-state index in [2.05, 4.69) is 4.74 Å². The first-order valence-electron chi connectivity index (χ1n) is 5.67. The maximum Gasteiger partial charge on any atom is 0.337 e. The number of nitrogens with zero attached hydrogens (tertiary/aromatic N) is 2. The van der Waals surface area contributed by atoms with E-state index in [-0.39, 0.29) is 30.0 Å². The molecule has 2 rings (SSSR count). The van der Waals surface area contributed by atoms with Crippen LogP contribution in [0.5, 0.6) is 0 Å². The van der Waals surface area contributed by atoms with E-state index in [1.54, 1.807) is 0 Å². The number of β-amino-alcohol motifs (C(OH)–C–C–N with tert-alkyl or cyclic N) is 1. The Morgan fingerprint density at radius 3 is 2.84 bits per heavy atom. The Labute approximate surface area is 109 Å². The normalized spacial score (nSPS) is 18.3. The Kier molecular flexibility index (Phi) is 3.49. The van der Waals surface area contributed by atoms with Crippen molar-refractivity contribution in [2.24, 2.45) is 0 Å². The van der Waals surface area contributed by atoms with Crippen LogP contribution in [0.15, 0.2) is 18.2 Å². The number of hydrogen-bond donors (Lipinski definition) is 1. The van der Waals surface area contributed by atoms with Gasteiger partial charge in [0.05, 0.1) is 43.0 Å². The molecule has 1 fully saturated rings. The van der Waals surface area contributed by atoms with Gasteiger partial charge in [-0.2, -0.15) is 5.26 Å². The standard InChI is InChI=1S/C13H12N2O4/c1-19-13(18)8-2-3-11(9(4-8)6-14)15-7-10(16)5-12(15)17/h2-4,10,16H,5,7H2,1H3. The average molecular weight is 260 g/mol. The summed E-state index contributed by atoms with van der Waals surface area (Å²) in [4.78, 5) is 24.4. The summed E-state index contributed by atoms with van der Waals surface area (Å²) in [5.41, 5.74) is 0.844. The number of aliphatic hydroxyl groups excluding tert-OH is 1. The molecule has 1 amide bonds. The van der Waals surface area contributed by atoms with Crippen LogP contribution in [0, 0.1) is 11.3 Å². The minimum absolute atomic E-state index is 0.0453.